The van der Waals surface area contributed by atoms with Gasteiger partial charge in [0.25, 0.3) is 0 Å². The number of amides is 2. The molecule has 0 spiro atoms. The zero-order valence-electron chi connectivity index (χ0n) is 19.4. The van der Waals surface area contributed by atoms with Crippen LogP contribution in [0.4, 0.5) is 5.00 Å². The van der Waals surface area contributed by atoms with Gasteiger partial charge in [-0.15, -0.1) is 0 Å². The smallest absolute Gasteiger partial charge is 0.230 e. The lowest BCUT2D eigenvalue weighted by atomic mass is 9.88. The first kappa shape index (κ1) is 24.7. The number of carbonyl (C=O) groups is 2. The van der Waals surface area contributed by atoms with Crippen LogP contribution in [0.1, 0.15) is 30.4 Å². The van der Waals surface area contributed by atoms with Crippen LogP contribution in [0.5, 0.6) is 0 Å². The van der Waals surface area contributed by atoms with Gasteiger partial charge >= 0.3 is 0 Å². The number of hydrogen-bond acceptors (Lipinski definition) is 5. The van der Waals surface area contributed by atoms with Gasteiger partial charge in [-0.2, -0.15) is 0 Å². The van der Waals surface area contributed by atoms with Crippen molar-refractivity contribution < 1.29 is 9.59 Å². The van der Waals surface area contributed by atoms with E-state index in [1.54, 1.807) is 0 Å². The fraction of sp³-hybridized carbons (Fsp3) is 0.179. The summed E-state index contributed by atoms with van der Waals surface area (Å²) >= 11 is 2.78. The molecule has 5 nitrogen and oxygen atoms in total. The number of aromatic nitrogens is 1. The Labute approximate surface area is 214 Å². The van der Waals surface area contributed by atoms with Crippen LogP contribution in [0.25, 0.3) is 11.3 Å². The minimum Gasteiger partial charge on any atom is -0.356 e. The lowest BCUT2D eigenvalue weighted by Crippen LogP contribution is -2.24. The molecule has 0 fully saturated rings. The fourth-order valence-electron chi connectivity index (χ4n) is 3.78. The first-order valence-electron chi connectivity index (χ1n) is 11.5. The Morgan fingerprint density at radius 2 is 1.43 bits per heavy atom. The summed E-state index contributed by atoms with van der Waals surface area (Å²) in [5, 5.41) is 6.61. The number of benzene rings is 3. The van der Waals surface area contributed by atoms with E-state index in [2.05, 4.69) is 34.9 Å². The maximum absolute atomic E-state index is 13.3. The quantitative estimate of drug-likeness (QED) is 0.254. The topological polar surface area (TPSA) is 71.1 Å². The van der Waals surface area contributed by atoms with Gasteiger partial charge in [0.15, 0.2) is 4.34 Å². The van der Waals surface area contributed by atoms with Gasteiger partial charge in [-0.25, -0.2) is 4.98 Å². The molecule has 0 radical (unpaired) electrons. The molecule has 3 aromatic carbocycles. The van der Waals surface area contributed by atoms with Crippen LogP contribution in [0.15, 0.2) is 95.3 Å². The SMILES string of the molecule is CCNC(=O)CSc1nc(-c2ccccc2)c(NC(=O)CC(c2ccccc2)c2ccccc2)s1. The molecule has 7 heteroatoms. The summed E-state index contributed by atoms with van der Waals surface area (Å²) in [5.74, 6) is 0.113. The van der Waals surface area contributed by atoms with E-state index in [0.717, 1.165) is 26.7 Å². The predicted octanol–water partition coefficient (Wildman–Crippen LogP) is 6.20. The second-order valence-corrected chi connectivity index (χ2v) is 10.1. The summed E-state index contributed by atoms with van der Waals surface area (Å²) in [6, 6.07) is 30.0. The van der Waals surface area contributed by atoms with Crippen molar-refractivity contribution >= 4 is 39.9 Å². The van der Waals surface area contributed by atoms with E-state index in [4.69, 9.17) is 4.98 Å². The predicted molar refractivity (Wildman–Crippen MR) is 145 cm³/mol. The minimum absolute atomic E-state index is 0.0342. The Bertz CT molecular complexity index is 1210. The normalized spacial score (nSPS) is 10.8. The van der Waals surface area contributed by atoms with Crippen LogP contribution in [-0.2, 0) is 9.59 Å². The van der Waals surface area contributed by atoms with E-state index in [1.807, 2.05) is 73.7 Å². The zero-order chi connectivity index (χ0) is 24.5. The Kier molecular flexibility index (Phi) is 8.70. The Hall–Kier alpha value is -3.42. The lowest BCUT2D eigenvalue weighted by Gasteiger charge is -2.18. The number of thioether (sulfide) groups is 1. The average molecular weight is 502 g/mol. The first-order valence-corrected chi connectivity index (χ1v) is 13.3. The second-order valence-electron chi connectivity index (χ2n) is 7.89. The number of thiazole rings is 1. The van der Waals surface area contributed by atoms with E-state index in [1.165, 1.54) is 23.1 Å². The number of nitrogens with zero attached hydrogens (tertiary/aromatic N) is 1. The van der Waals surface area contributed by atoms with Crippen LogP contribution < -0.4 is 10.6 Å². The van der Waals surface area contributed by atoms with Crippen molar-refractivity contribution in [2.24, 2.45) is 0 Å². The van der Waals surface area contributed by atoms with Gasteiger partial charge in [-0.3, -0.25) is 9.59 Å². The summed E-state index contributed by atoms with van der Waals surface area (Å²) in [7, 11) is 0. The fourth-order valence-corrected chi connectivity index (χ4v) is 5.69. The van der Waals surface area contributed by atoms with Crippen molar-refractivity contribution in [1.82, 2.24) is 10.3 Å². The number of nitrogens with one attached hydrogen (secondary N) is 2. The molecule has 1 heterocycles. The van der Waals surface area contributed by atoms with Crippen LogP contribution in [-0.4, -0.2) is 29.1 Å². The van der Waals surface area contributed by atoms with Gasteiger partial charge < -0.3 is 10.6 Å². The molecule has 0 saturated heterocycles. The molecule has 0 aliphatic carbocycles. The number of rotatable bonds is 10. The molecular weight excluding hydrogens is 474 g/mol. The van der Waals surface area contributed by atoms with Crippen molar-refractivity contribution in [2.75, 3.05) is 17.6 Å². The molecule has 4 rings (SSSR count). The number of hydrogen-bond donors (Lipinski definition) is 2. The summed E-state index contributed by atoms with van der Waals surface area (Å²) < 4.78 is 0.744. The highest BCUT2D eigenvalue weighted by atomic mass is 32.2. The molecule has 35 heavy (non-hydrogen) atoms. The molecular formula is C28H27N3O2S2. The lowest BCUT2D eigenvalue weighted by molar-refractivity contribution is -0.118. The molecule has 0 atom stereocenters. The molecule has 0 aliphatic rings. The maximum atomic E-state index is 13.3. The molecule has 0 bridgehead atoms. The summed E-state index contributed by atoms with van der Waals surface area (Å²) in [6.07, 6.45) is 0.307. The molecule has 2 N–H and O–H groups in total. The van der Waals surface area contributed by atoms with Crippen LogP contribution in [0, 0.1) is 0 Å². The van der Waals surface area contributed by atoms with E-state index in [9.17, 15) is 9.59 Å². The highest BCUT2D eigenvalue weighted by Gasteiger charge is 2.21. The highest BCUT2D eigenvalue weighted by molar-refractivity contribution is 8.01. The third-order valence-corrected chi connectivity index (χ3v) is 7.52. The monoisotopic (exact) mass is 501 g/mol. The van der Waals surface area contributed by atoms with Crippen LogP contribution in [0.2, 0.25) is 0 Å². The van der Waals surface area contributed by atoms with E-state index in [-0.39, 0.29) is 23.5 Å². The largest absolute Gasteiger partial charge is 0.356 e. The minimum atomic E-state index is -0.0798. The molecule has 1 aromatic heterocycles. The number of anilines is 1. The second kappa shape index (κ2) is 12.3. The zero-order valence-corrected chi connectivity index (χ0v) is 21.1. The number of carbonyl (C=O) groups excluding carboxylic acids is 2. The molecule has 178 valence electrons. The third-order valence-electron chi connectivity index (χ3n) is 5.40. The molecule has 4 aromatic rings. The van der Waals surface area contributed by atoms with Crippen LogP contribution in [0.3, 0.4) is 0 Å². The van der Waals surface area contributed by atoms with Gasteiger partial charge in [0.1, 0.15) is 10.7 Å². The van der Waals surface area contributed by atoms with Gasteiger partial charge in [-0.05, 0) is 18.1 Å². The van der Waals surface area contributed by atoms with E-state index >= 15 is 0 Å². The Morgan fingerprint density at radius 1 is 0.857 bits per heavy atom. The molecule has 0 unspecified atom stereocenters. The van der Waals surface area contributed by atoms with Crippen molar-refractivity contribution in [3.05, 3.63) is 102 Å². The van der Waals surface area contributed by atoms with Gasteiger partial charge in [0.2, 0.25) is 11.8 Å². The van der Waals surface area contributed by atoms with E-state index in [0.29, 0.717) is 18.0 Å². The van der Waals surface area contributed by atoms with Gasteiger partial charge in [-0.1, -0.05) is 114 Å². The standard InChI is InChI=1S/C28H27N3O2S2/c1-2-29-25(33)19-34-28-31-26(22-16-10-5-11-17-22)27(35-28)30-24(32)18-23(20-12-6-3-7-13-20)21-14-8-4-9-15-21/h3-17,23H,2,18-19H2,1H3,(H,29,33)(H,30,32). The summed E-state index contributed by atoms with van der Waals surface area (Å²) in [4.78, 5) is 30.0. The molecule has 0 aliphatic heterocycles. The molecule has 0 saturated carbocycles. The van der Waals surface area contributed by atoms with Crippen molar-refractivity contribution in [2.45, 2.75) is 23.6 Å². The Balaban J connectivity index is 1.56. The Morgan fingerprint density at radius 3 is 2.00 bits per heavy atom. The summed E-state index contributed by atoms with van der Waals surface area (Å²) in [5.41, 5.74) is 3.84. The van der Waals surface area contributed by atoms with E-state index < -0.39 is 0 Å². The summed E-state index contributed by atoms with van der Waals surface area (Å²) in [6.45, 7) is 2.49. The van der Waals surface area contributed by atoms with Gasteiger partial charge in [0, 0.05) is 24.4 Å². The first-order chi connectivity index (χ1) is 17.1. The van der Waals surface area contributed by atoms with Crippen molar-refractivity contribution in [1.29, 1.82) is 0 Å². The molecule has 2 amide bonds. The van der Waals surface area contributed by atoms with Crippen molar-refractivity contribution in [3.8, 4) is 11.3 Å². The third kappa shape index (κ3) is 6.81. The van der Waals surface area contributed by atoms with Crippen LogP contribution >= 0.6 is 23.1 Å². The van der Waals surface area contributed by atoms with Gasteiger partial charge in [0.05, 0.1) is 5.75 Å². The maximum Gasteiger partial charge on any atom is 0.230 e. The highest BCUT2D eigenvalue weighted by Crippen LogP contribution is 2.38. The van der Waals surface area contributed by atoms with Crippen molar-refractivity contribution in [3.63, 3.8) is 0 Å². The average Bonchev–Trinajstić information content (AvgIpc) is 3.30.